The van der Waals surface area contributed by atoms with Crippen molar-refractivity contribution < 1.29 is 26.0 Å². The minimum absolute atomic E-state index is 0.0467. The van der Waals surface area contributed by atoms with Crippen LogP contribution in [0.1, 0.15) is 23.2 Å². The number of hydrogen-bond acceptors (Lipinski definition) is 5. The van der Waals surface area contributed by atoms with Gasteiger partial charge >= 0.3 is 0 Å². The van der Waals surface area contributed by atoms with Crippen molar-refractivity contribution >= 4 is 26.0 Å². The number of nitrogens with zero attached hydrogens (tertiary/aromatic N) is 2. The van der Waals surface area contributed by atoms with Crippen LogP contribution in [-0.2, 0) is 20.0 Å². The van der Waals surface area contributed by atoms with E-state index in [0.29, 0.717) is 32.5 Å². The Morgan fingerprint density at radius 2 is 1.81 bits per heavy atom. The van der Waals surface area contributed by atoms with Crippen LogP contribution >= 0.6 is 0 Å². The smallest absolute Gasteiger partial charge is 0.251 e. The van der Waals surface area contributed by atoms with Crippen molar-refractivity contribution in [3.63, 3.8) is 0 Å². The second kappa shape index (κ2) is 8.21. The lowest BCUT2D eigenvalue weighted by Crippen LogP contribution is -2.41. The first-order valence-corrected chi connectivity index (χ1v) is 11.7. The minimum Gasteiger partial charge on any atom is -0.352 e. The lowest BCUT2D eigenvalue weighted by molar-refractivity contribution is 0.0941. The molecule has 1 heterocycles. The highest BCUT2D eigenvalue weighted by Crippen LogP contribution is 2.20. The number of hydrogen-bond donors (Lipinski definition) is 1. The number of amides is 1. The number of carbonyl (C=O) groups is 1. The van der Waals surface area contributed by atoms with Crippen molar-refractivity contribution in [2.75, 3.05) is 40.0 Å². The van der Waals surface area contributed by atoms with Gasteiger partial charge in [-0.25, -0.2) is 29.8 Å². The van der Waals surface area contributed by atoms with Crippen LogP contribution in [0.4, 0.5) is 4.39 Å². The first-order valence-electron chi connectivity index (χ1n) is 8.38. The molecule has 1 aliphatic rings. The Hall–Kier alpha value is -1.56. The molecule has 1 aromatic carbocycles. The van der Waals surface area contributed by atoms with E-state index >= 15 is 0 Å². The highest BCUT2D eigenvalue weighted by molar-refractivity contribution is 7.89. The minimum atomic E-state index is -4.00. The largest absolute Gasteiger partial charge is 0.352 e. The van der Waals surface area contributed by atoms with Crippen LogP contribution in [-0.4, -0.2) is 71.3 Å². The Balaban J connectivity index is 2.01. The molecule has 0 unspecified atom stereocenters. The van der Waals surface area contributed by atoms with E-state index in [4.69, 9.17) is 0 Å². The van der Waals surface area contributed by atoms with Crippen molar-refractivity contribution in [2.24, 2.45) is 5.92 Å². The van der Waals surface area contributed by atoms with Crippen molar-refractivity contribution in [1.29, 1.82) is 0 Å². The zero-order valence-electron chi connectivity index (χ0n) is 15.5. The molecule has 11 heteroatoms. The summed E-state index contributed by atoms with van der Waals surface area (Å²) >= 11 is 0. The topological polar surface area (TPSA) is 104 Å². The average molecular weight is 422 g/mol. The van der Waals surface area contributed by atoms with Crippen molar-refractivity contribution in [3.8, 4) is 0 Å². The number of benzene rings is 1. The van der Waals surface area contributed by atoms with Gasteiger partial charge in [-0.1, -0.05) is 0 Å². The maximum Gasteiger partial charge on any atom is 0.251 e. The molecule has 0 spiro atoms. The van der Waals surface area contributed by atoms with E-state index in [1.165, 1.54) is 30.7 Å². The Morgan fingerprint density at radius 1 is 1.22 bits per heavy atom. The van der Waals surface area contributed by atoms with Gasteiger partial charge in [-0.2, -0.15) is 0 Å². The molecule has 2 rings (SSSR count). The second-order valence-corrected chi connectivity index (χ2v) is 10.9. The number of piperidine rings is 1. The number of nitrogens with one attached hydrogen (secondary N) is 1. The molecule has 0 aromatic heterocycles. The van der Waals surface area contributed by atoms with Crippen LogP contribution in [0.25, 0.3) is 0 Å². The van der Waals surface area contributed by atoms with Gasteiger partial charge in [-0.3, -0.25) is 4.79 Å². The molecule has 1 aliphatic heterocycles. The first kappa shape index (κ1) is 21.7. The van der Waals surface area contributed by atoms with Crippen LogP contribution in [0, 0.1) is 11.7 Å². The normalized spacial score (nSPS) is 17.2. The predicted molar refractivity (Wildman–Crippen MR) is 98.7 cm³/mol. The maximum atomic E-state index is 13.9. The summed E-state index contributed by atoms with van der Waals surface area (Å²) in [5.74, 6) is -1.30. The summed E-state index contributed by atoms with van der Waals surface area (Å²) in [4.78, 5) is 11.8. The van der Waals surface area contributed by atoms with Crippen LogP contribution in [0.15, 0.2) is 23.1 Å². The monoisotopic (exact) mass is 421 g/mol. The van der Waals surface area contributed by atoms with E-state index < -0.39 is 36.7 Å². The fraction of sp³-hybridized carbons (Fsp3) is 0.562. The molecule has 0 bridgehead atoms. The predicted octanol–water partition coefficient (Wildman–Crippen LogP) is 0.477. The first-order chi connectivity index (χ1) is 12.4. The highest BCUT2D eigenvalue weighted by atomic mass is 32.2. The SMILES string of the molecule is CN(C)S(=O)(=O)c1cc(C(=O)NCC2CCN(S(C)(=O)=O)CC2)ccc1F. The molecule has 1 N–H and O–H groups in total. The molecular formula is C16H24FN3O5S2. The molecule has 152 valence electrons. The van der Waals surface area contributed by atoms with Gasteiger partial charge in [0.1, 0.15) is 10.7 Å². The lowest BCUT2D eigenvalue weighted by Gasteiger charge is -2.30. The van der Waals surface area contributed by atoms with Gasteiger partial charge < -0.3 is 5.32 Å². The summed E-state index contributed by atoms with van der Waals surface area (Å²) < 4.78 is 63.5. The Morgan fingerprint density at radius 3 is 2.33 bits per heavy atom. The summed E-state index contributed by atoms with van der Waals surface area (Å²) in [7, 11) is -4.64. The van der Waals surface area contributed by atoms with Gasteiger partial charge in [0.15, 0.2) is 0 Å². The molecule has 27 heavy (non-hydrogen) atoms. The van der Waals surface area contributed by atoms with Crippen molar-refractivity contribution in [3.05, 3.63) is 29.6 Å². The third kappa shape index (κ3) is 5.24. The van der Waals surface area contributed by atoms with Gasteiger partial charge in [0.25, 0.3) is 5.91 Å². The second-order valence-electron chi connectivity index (χ2n) is 6.75. The summed E-state index contributed by atoms with van der Waals surface area (Å²) in [6, 6.07) is 3.20. The summed E-state index contributed by atoms with van der Waals surface area (Å²) in [6.45, 7) is 1.14. The number of carbonyl (C=O) groups excluding carboxylic acids is 1. The Kier molecular flexibility index (Phi) is 6.61. The zero-order valence-corrected chi connectivity index (χ0v) is 17.1. The van der Waals surface area contributed by atoms with Crippen LogP contribution in [0.2, 0.25) is 0 Å². The molecular weight excluding hydrogens is 397 g/mol. The summed E-state index contributed by atoms with van der Waals surface area (Å²) in [5, 5.41) is 2.71. The van der Waals surface area contributed by atoms with Crippen molar-refractivity contribution in [1.82, 2.24) is 13.9 Å². The Labute approximate surface area is 159 Å². The van der Waals surface area contributed by atoms with Crippen LogP contribution in [0.5, 0.6) is 0 Å². The third-order valence-electron chi connectivity index (χ3n) is 4.55. The summed E-state index contributed by atoms with van der Waals surface area (Å²) in [6.07, 6.45) is 2.41. The number of halogens is 1. The molecule has 0 radical (unpaired) electrons. The van der Waals surface area contributed by atoms with E-state index in [2.05, 4.69) is 5.32 Å². The van der Waals surface area contributed by atoms with Crippen LogP contribution < -0.4 is 5.32 Å². The van der Waals surface area contributed by atoms with E-state index in [0.717, 1.165) is 16.4 Å². The molecule has 1 fully saturated rings. The molecule has 1 aromatic rings. The average Bonchev–Trinajstić information content (AvgIpc) is 2.59. The number of rotatable bonds is 6. The van der Waals surface area contributed by atoms with E-state index in [1.807, 2.05) is 0 Å². The standard InChI is InChI=1S/C16H24FN3O5S2/c1-19(2)27(24,25)15-10-13(4-5-14(15)17)16(21)18-11-12-6-8-20(9-7-12)26(3,22)23/h4-5,10,12H,6-9,11H2,1-3H3,(H,18,21). The number of sulfonamides is 2. The molecule has 1 amide bonds. The fourth-order valence-electron chi connectivity index (χ4n) is 2.82. The zero-order chi connectivity index (χ0) is 20.4. The Bertz CT molecular complexity index is 908. The van der Waals surface area contributed by atoms with E-state index in [9.17, 15) is 26.0 Å². The van der Waals surface area contributed by atoms with Crippen LogP contribution in [0.3, 0.4) is 0 Å². The molecule has 0 aliphatic carbocycles. The fourth-order valence-corrected chi connectivity index (χ4v) is 4.68. The highest BCUT2D eigenvalue weighted by Gasteiger charge is 2.26. The lowest BCUT2D eigenvalue weighted by atomic mass is 9.98. The summed E-state index contributed by atoms with van der Waals surface area (Å²) in [5.41, 5.74) is 0.0467. The van der Waals surface area contributed by atoms with Gasteiger partial charge in [0.2, 0.25) is 20.0 Å². The van der Waals surface area contributed by atoms with E-state index in [1.54, 1.807) is 0 Å². The van der Waals surface area contributed by atoms with E-state index in [-0.39, 0.29) is 11.5 Å². The quantitative estimate of drug-likeness (QED) is 0.719. The third-order valence-corrected chi connectivity index (χ3v) is 7.68. The van der Waals surface area contributed by atoms with Crippen molar-refractivity contribution in [2.45, 2.75) is 17.7 Å². The molecule has 0 saturated carbocycles. The molecule has 1 saturated heterocycles. The molecule has 0 atom stereocenters. The van der Waals surface area contributed by atoms with Gasteiger partial charge in [-0.15, -0.1) is 0 Å². The van der Waals surface area contributed by atoms with Gasteiger partial charge in [0.05, 0.1) is 6.26 Å². The van der Waals surface area contributed by atoms with Gasteiger partial charge in [0, 0.05) is 39.3 Å². The molecule has 8 nitrogen and oxygen atoms in total. The van der Waals surface area contributed by atoms with Gasteiger partial charge in [-0.05, 0) is 37.0 Å². The maximum absolute atomic E-state index is 13.9.